The number of hydrogen-bond acceptors (Lipinski definition) is 4. The molecule has 2 N–H and O–H groups in total. The van der Waals surface area contributed by atoms with Gasteiger partial charge in [-0.05, 0) is 52.3 Å². The van der Waals surface area contributed by atoms with Gasteiger partial charge in [0.05, 0.1) is 6.04 Å². The second kappa shape index (κ2) is 5.51. The van der Waals surface area contributed by atoms with Crippen molar-refractivity contribution in [2.45, 2.75) is 57.3 Å². The predicted octanol–water partition coefficient (Wildman–Crippen LogP) is 2.14. The maximum absolute atomic E-state index is 6.28. The van der Waals surface area contributed by atoms with Crippen molar-refractivity contribution < 1.29 is 4.42 Å². The van der Waals surface area contributed by atoms with E-state index in [9.17, 15) is 0 Å². The zero-order valence-electron chi connectivity index (χ0n) is 12.9. The van der Waals surface area contributed by atoms with Crippen LogP contribution in [0, 0.1) is 6.92 Å². The van der Waals surface area contributed by atoms with E-state index in [1.54, 1.807) is 0 Å². The Labute approximate surface area is 121 Å². The molecule has 3 heterocycles. The molecule has 0 saturated carbocycles. The largest absolute Gasteiger partial charge is 0.465 e. The maximum atomic E-state index is 6.28. The van der Waals surface area contributed by atoms with E-state index in [1.807, 2.05) is 13.0 Å². The number of furan rings is 1. The third-order valence-corrected chi connectivity index (χ3v) is 5.12. The summed E-state index contributed by atoms with van der Waals surface area (Å²) in [7, 11) is 2.28. The first kappa shape index (κ1) is 14.1. The second-order valence-corrected chi connectivity index (χ2v) is 6.59. The zero-order valence-corrected chi connectivity index (χ0v) is 12.9. The highest BCUT2D eigenvalue weighted by molar-refractivity contribution is 5.12. The number of rotatable bonds is 3. The molecule has 4 unspecified atom stereocenters. The van der Waals surface area contributed by atoms with E-state index < -0.39 is 0 Å². The molecule has 3 rings (SSSR count). The molecule has 1 aromatic heterocycles. The van der Waals surface area contributed by atoms with Crippen molar-refractivity contribution in [2.75, 3.05) is 20.1 Å². The molecule has 2 fully saturated rings. The Morgan fingerprint density at radius 1 is 1.25 bits per heavy atom. The van der Waals surface area contributed by atoms with Crippen molar-refractivity contribution in [3.8, 4) is 0 Å². The highest BCUT2D eigenvalue weighted by Gasteiger charge is 2.38. The van der Waals surface area contributed by atoms with Gasteiger partial charge in [-0.2, -0.15) is 0 Å². The molecule has 2 aliphatic heterocycles. The molecule has 1 aromatic rings. The Bertz CT molecular complexity index is 456. The summed E-state index contributed by atoms with van der Waals surface area (Å²) in [5.41, 5.74) is 6.28. The minimum Gasteiger partial charge on any atom is -0.465 e. The van der Waals surface area contributed by atoms with Crippen LogP contribution in [0.3, 0.4) is 0 Å². The van der Waals surface area contributed by atoms with Gasteiger partial charge in [0.25, 0.3) is 0 Å². The van der Waals surface area contributed by atoms with Crippen molar-refractivity contribution in [1.82, 2.24) is 9.80 Å². The quantitative estimate of drug-likeness (QED) is 0.919. The van der Waals surface area contributed by atoms with Gasteiger partial charge < -0.3 is 10.2 Å². The number of nitrogens with two attached hydrogens (primary N) is 1. The minimum absolute atomic E-state index is 0.0856. The Balaban J connectivity index is 1.81. The van der Waals surface area contributed by atoms with Crippen LogP contribution in [0.2, 0.25) is 0 Å². The van der Waals surface area contributed by atoms with Crippen LogP contribution in [-0.2, 0) is 0 Å². The molecule has 0 aromatic carbocycles. The lowest BCUT2D eigenvalue weighted by Gasteiger charge is -2.34. The molecular formula is C16H27N3O. The van der Waals surface area contributed by atoms with Crippen LogP contribution in [-0.4, -0.2) is 48.1 Å². The van der Waals surface area contributed by atoms with Crippen molar-refractivity contribution in [1.29, 1.82) is 0 Å². The first-order chi connectivity index (χ1) is 9.56. The number of fused-ring (bicyclic) bond motifs is 2. The Hall–Kier alpha value is -0.840. The van der Waals surface area contributed by atoms with Crippen molar-refractivity contribution in [2.24, 2.45) is 5.73 Å². The Morgan fingerprint density at radius 3 is 2.65 bits per heavy atom. The van der Waals surface area contributed by atoms with Crippen LogP contribution >= 0.6 is 0 Å². The molecule has 20 heavy (non-hydrogen) atoms. The monoisotopic (exact) mass is 277 g/mol. The van der Waals surface area contributed by atoms with Crippen LogP contribution in [0.15, 0.2) is 16.5 Å². The number of hydrogen-bond donors (Lipinski definition) is 1. The first-order valence-corrected chi connectivity index (χ1v) is 7.84. The van der Waals surface area contributed by atoms with Crippen LogP contribution < -0.4 is 5.73 Å². The standard InChI is InChI=1S/C16H27N3O/c1-11-4-7-15(20-11)16(12(2)17)19-9-8-13-5-6-14(10-19)18(13)3/h4,7,12-14,16H,5-6,8-10,17H2,1-3H3. The predicted molar refractivity (Wildman–Crippen MR) is 80.6 cm³/mol. The Morgan fingerprint density at radius 2 is 2.00 bits per heavy atom. The summed E-state index contributed by atoms with van der Waals surface area (Å²) in [4.78, 5) is 5.12. The van der Waals surface area contributed by atoms with E-state index in [2.05, 4.69) is 29.8 Å². The molecule has 2 bridgehead atoms. The first-order valence-electron chi connectivity index (χ1n) is 7.84. The summed E-state index contributed by atoms with van der Waals surface area (Å²) in [6, 6.07) is 5.87. The molecule has 4 nitrogen and oxygen atoms in total. The molecule has 0 spiro atoms. The van der Waals surface area contributed by atoms with Gasteiger partial charge in [0.2, 0.25) is 0 Å². The van der Waals surface area contributed by atoms with Crippen LogP contribution in [0.5, 0.6) is 0 Å². The van der Waals surface area contributed by atoms with E-state index in [4.69, 9.17) is 10.2 Å². The SMILES string of the molecule is Cc1ccc(C(C(C)N)N2CCC3CCC(C2)N3C)o1. The lowest BCUT2D eigenvalue weighted by molar-refractivity contribution is 0.137. The highest BCUT2D eigenvalue weighted by atomic mass is 16.3. The average molecular weight is 277 g/mol. The van der Waals surface area contributed by atoms with Crippen LogP contribution in [0.4, 0.5) is 0 Å². The lowest BCUT2D eigenvalue weighted by Crippen LogP contribution is -2.44. The van der Waals surface area contributed by atoms with E-state index >= 15 is 0 Å². The van der Waals surface area contributed by atoms with Crippen LogP contribution in [0.25, 0.3) is 0 Å². The number of likely N-dealkylation sites (tertiary alicyclic amines) is 1. The van der Waals surface area contributed by atoms with Gasteiger partial charge in [0.1, 0.15) is 11.5 Å². The fraction of sp³-hybridized carbons (Fsp3) is 0.750. The molecule has 0 radical (unpaired) electrons. The highest BCUT2D eigenvalue weighted by Crippen LogP contribution is 2.33. The number of likely N-dealkylation sites (N-methyl/N-ethyl adjacent to an activating group) is 1. The zero-order chi connectivity index (χ0) is 14.3. The van der Waals surface area contributed by atoms with E-state index in [0.717, 1.165) is 30.7 Å². The third-order valence-electron chi connectivity index (χ3n) is 5.12. The molecular weight excluding hydrogens is 250 g/mol. The molecule has 0 amide bonds. The van der Waals surface area contributed by atoms with Crippen molar-refractivity contribution >= 4 is 0 Å². The van der Waals surface area contributed by atoms with Gasteiger partial charge >= 0.3 is 0 Å². The molecule has 2 saturated heterocycles. The summed E-state index contributed by atoms with van der Waals surface area (Å²) >= 11 is 0. The number of aryl methyl sites for hydroxylation is 1. The van der Waals surface area contributed by atoms with Gasteiger partial charge in [-0.15, -0.1) is 0 Å². The maximum Gasteiger partial charge on any atom is 0.122 e. The molecule has 2 aliphatic rings. The van der Waals surface area contributed by atoms with E-state index in [0.29, 0.717) is 6.04 Å². The van der Waals surface area contributed by atoms with Crippen LogP contribution in [0.1, 0.15) is 43.7 Å². The number of nitrogens with zero attached hydrogens (tertiary/aromatic N) is 2. The van der Waals surface area contributed by atoms with Gasteiger partial charge in [-0.3, -0.25) is 9.80 Å². The smallest absolute Gasteiger partial charge is 0.122 e. The fourth-order valence-corrected chi connectivity index (χ4v) is 3.97. The third kappa shape index (κ3) is 2.52. The Kier molecular flexibility index (Phi) is 3.89. The summed E-state index contributed by atoms with van der Waals surface area (Å²) in [6.07, 6.45) is 3.92. The van der Waals surface area contributed by atoms with Crippen molar-refractivity contribution in [3.05, 3.63) is 23.7 Å². The van der Waals surface area contributed by atoms with Gasteiger partial charge in [0, 0.05) is 31.2 Å². The average Bonchev–Trinajstić information content (AvgIpc) is 2.88. The van der Waals surface area contributed by atoms with Gasteiger partial charge in [-0.1, -0.05) is 0 Å². The van der Waals surface area contributed by atoms with E-state index in [-0.39, 0.29) is 12.1 Å². The van der Waals surface area contributed by atoms with Gasteiger partial charge in [-0.25, -0.2) is 0 Å². The molecule has 112 valence electrons. The second-order valence-electron chi connectivity index (χ2n) is 6.59. The normalized spacial score (nSPS) is 31.2. The summed E-state index contributed by atoms with van der Waals surface area (Å²) in [6.45, 7) is 6.33. The molecule has 0 aliphatic carbocycles. The van der Waals surface area contributed by atoms with E-state index in [1.165, 1.54) is 19.3 Å². The fourth-order valence-electron chi connectivity index (χ4n) is 3.97. The lowest BCUT2D eigenvalue weighted by atomic mass is 10.0. The minimum atomic E-state index is 0.0856. The summed E-state index contributed by atoms with van der Waals surface area (Å²) < 4.78 is 5.87. The molecule has 4 atom stereocenters. The summed E-state index contributed by atoms with van der Waals surface area (Å²) in [5, 5.41) is 0. The van der Waals surface area contributed by atoms with Gasteiger partial charge in [0.15, 0.2) is 0 Å². The van der Waals surface area contributed by atoms with Crippen molar-refractivity contribution in [3.63, 3.8) is 0 Å². The topological polar surface area (TPSA) is 45.6 Å². The molecule has 4 heteroatoms. The summed E-state index contributed by atoms with van der Waals surface area (Å²) in [5.74, 6) is 2.00.